The average molecular weight is 377 g/mol. The van der Waals surface area contributed by atoms with Crippen molar-refractivity contribution in [3.05, 3.63) is 65.2 Å². The molecule has 2 aromatic carbocycles. The van der Waals surface area contributed by atoms with Crippen LogP contribution >= 0.6 is 0 Å². The number of benzene rings is 2. The van der Waals surface area contributed by atoms with E-state index in [-0.39, 0.29) is 17.9 Å². The summed E-state index contributed by atoms with van der Waals surface area (Å²) in [6, 6.07) is 15.8. The van der Waals surface area contributed by atoms with Crippen molar-refractivity contribution in [1.29, 1.82) is 0 Å². The lowest BCUT2D eigenvalue weighted by molar-refractivity contribution is -0.122. The van der Waals surface area contributed by atoms with Crippen molar-refractivity contribution in [3.63, 3.8) is 0 Å². The Morgan fingerprint density at radius 1 is 1.07 bits per heavy atom. The molecule has 0 unspecified atom stereocenters. The summed E-state index contributed by atoms with van der Waals surface area (Å²) in [5, 5.41) is 3.06. The van der Waals surface area contributed by atoms with E-state index in [1.54, 1.807) is 0 Å². The van der Waals surface area contributed by atoms with E-state index >= 15 is 0 Å². The Morgan fingerprint density at radius 2 is 1.82 bits per heavy atom. The second-order valence-corrected chi connectivity index (χ2v) is 8.19. The maximum absolute atomic E-state index is 13.0. The number of hydrogen-bond donors (Lipinski definition) is 1. The van der Waals surface area contributed by atoms with Crippen molar-refractivity contribution >= 4 is 17.5 Å². The van der Waals surface area contributed by atoms with Crippen molar-refractivity contribution in [1.82, 2.24) is 5.32 Å². The number of nitrogens with zero attached hydrogens (tertiary/aromatic N) is 1. The SMILES string of the molecule is C[C@H]1Cc2ccc(CNC(=O)CC3CCCC3)cc2N1C(=O)c1ccccc1. The number of nitrogens with one attached hydrogen (secondary N) is 1. The van der Waals surface area contributed by atoms with Gasteiger partial charge in [-0.2, -0.15) is 0 Å². The van der Waals surface area contributed by atoms with Crippen LogP contribution in [0, 0.1) is 5.92 Å². The van der Waals surface area contributed by atoms with Gasteiger partial charge in [0.15, 0.2) is 0 Å². The Labute approximate surface area is 166 Å². The van der Waals surface area contributed by atoms with Gasteiger partial charge in [-0.05, 0) is 61.4 Å². The smallest absolute Gasteiger partial charge is 0.258 e. The van der Waals surface area contributed by atoms with Crippen LogP contribution < -0.4 is 10.2 Å². The van der Waals surface area contributed by atoms with Crippen LogP contribution in [0.3, 0.4) is 0 Å². The molecule has 2 aromatic rings. The lowest BCUT2D eigenvalue weighted by Crippen LogP contribution is -2.35. The van der Waals surface area contributed by atoms with Crippen LogP contribution in [0.25, 0.3) is 0 Å². The molecule has 0 aromatic heterocycles. The van der Waals surface area contributed by atoms with Gasteiger partial charge < -0.3 is 10.2 Å². The molecule has 1 saturated carbocycles. The molecule has 4 heteroatoms. The minimum absolute atomic E-state index is 0.0364. The standard InChI is InChI=1S/C24H28N2O2/c1-17-13-21-12-11-19(16-25-23(27)15-18-7-5-6-8-18)14-22(21)26(17)24(28)20-9-3-2-4-10-20/h2-4,9-12,14,17-18H,5-8,13,15-16H2,1H3,(H,25,27)/t17-/m0/s1. The molecular weight excluding hydrogens is 348 g/mol. The summed E-state index contributed by atoms with van der Waals surface area (Å²) in [5.74, 6) is 0.729. The molecule has 0 radical (unpaired) electrons. The van der Waals surface area contributed by atoms with Gasteiger partial charge in [0.2, 0.25) is 5.91 Å². The Balaban J connectivity index is 1.45. The van der Waals surface area contributed by atoms with Gasteiger partial charge in [0.05, 0.1) is 0 Å². The largest absolute Gasteiger partial charge is 0.352 e. The molecule has 0 spiro atoms. The summed E-state index contributed by atoms with van der Waals surface area (Å²) in [6.45, 7) is 2.60. The zero-order chi connectivity index (χ0) is 19.5. The second kappa shape index (κ2) is 8.17. The van der Waals surface area contributed by atoms with E-state index in [9.17, 15) is 9.59 Å². The van der Waals surface area contributed by atoms with Gasteiger partial charge in [0, 0.05) is 30.3 Å². The van der Waals surface area contributed by atoms with Crippen LogP contribution in [-0.4, -0.2) is 17.9 Å². The van der Waals surface area contributed by atoms with Crippen LogP contribution in [0.4, 0.5) is 5.69 Å². The summed E-state index contributed by atoms with van der Waals surface area (Å²) >= 11 is 0. The molecule has 1 heterocycles. The molecule has 1 aliphatic heterocycles. The van der Waals surface area contributed by atoms with Gasteiger partial charge in [0.25, 0.3) is 5.91 Å². The molecule has 0 bridgehead atoms. The number of fused-ring (bicyclic) bond motifs is 1. The third-order valence-corrected chi connectivity index (χ3v) is 6.04. The first-order valence-electron chi connectivity index (χ1n) is 10.4. The molecule has 146 valence electrons. The summed E-state index contributed by atoms with van der Waals surface area (Å²) < 4.78 is 0. The summed E-state index contributed by atoms with van der Waals surface area (Å²) in [7, 11) is 0. The lowest BCUT2D eigenvalue weighted by Gasteiger charge is -2.23. The average Bonchev–Trinajstić information content (AvgIpc) is 3.33. The van der Waals surface area contributed by atoms with E-state index in [1.807, 2.05) is 35.2 Å². The first kappa shape index (κ1) is 18.7. The fourth-order valence-corrected chi connectivity index (χ4v) is 4.54. The molecule has 0 saturated heterocycles. The van der Waals surface area contributed by atoms with Crippen molar-refractivity contribution in [3.8, 4) is 0 Å². The first-order valence-corrected chi connectivity index (χ1v) is 10.4. The quantitative estimate of drug-likeness (QED) is 0.837. The van der Waals surface area contributed by atoms with Crippen molar-refractivity contribution in [2.75, 3.05) is 4.90 Å². The molecule has 1 atom stereocenters. The van der Waals surface area contributed by atoms with Crippen LogP contribution in [0.1, 0.15) is 60.5 Å². The first-order chi connectivity index (χ1) is 13.6. The van der Waals surface area contributed by atoms with Gasteiger partial charge in [-0.25, -0.2) is 0 Å². The summed E-state index contributed by atoms with van der Waals surface area (Å²) in [5.41, 5.74) is 3.91. The highest BCUT2D eigenvalue weighted by molar-refractivity contribution is 6.07. The van der Waals surface area contributed by atoms with Crippen molar-refractivity contribution < 1.29 is 9.59 Å². The van der Waals surface area contributed by atoms with Gasteiger partial charge >= 0.3 is 0 Å². The Morgan fingerprint density at radius 3 is 2.57 bits per heavy atom. The normalized spacial score (nSPS) is 18.9. The van der Waals surface area contributed by atoms with Gasteiger partial charge in [0.1, 0.15) is 0 Å². The maximum atomic E-state index is 13.0. The monoisotopic (exact) mass is 376 g/mol. The molecule has 1 fully saturated rings. The third kappa shape index (κ3) is 3.96. The minimum atomic E-state index is 0.0364. The van der Waals surface area contributed by atoms with E-state index < -0.39 is 0 Å². The fraction of sp³-hybridized carbons (Fsp3) is 0.417. The Hall–Kier alpha value is -2.62. The van der Waals surface area contributed by atoms with Gasteiger partial charge in [-0.3, -0.25) is 9.59 Å². The number of rotatable bonds is 5. The minimum Gasteiger partial charge on any atom is -0.352 e. The van der Waals surface area contributed by atoms with E-state index in [0.717, 1.165) is 17.7 Å². The van der Waals surface area contributed by atoms with Crippen LogP contribution in [0.15, 0.2) is 48.5 Å². The van der Waals surface area contributed by atoms with Gasteiger partial charge in [-0.1, -0.05) is 43.2 Å². The predicted octanol–water partition coefficient (Wildman–Crippen LogP) is 4.47. The van der Waals surface area contributed by atoms with E-state index in [2.05, 4.69) is 30.4 Å². The highest BCUT2D eigenvalue weighted by Crippen LogP contribution is 2.34. The zero-order valence-electron chi connectivity index (χ0n) is 16.5. The summed E-state index contributed by atoms with van der Waals surface area (Å²) in [4.78, 5) is 27.2. The van der Waals surface area contributed by atoms with E-state index in [0.29, 0.717) is 24.4 Å². The van der Waals surface area contributed by atoms with Crippen LogP contribution in [0.2, 0.25) is 0 Å². The Kier molecular flexibility index (Phi) is 5.47. The predicted molar refractivity (Wildman–Crippen MR) is 111 cm³/mol. The van der Waals surface area contributed by atoms with E-state index in [4.69, 9.17) is 0 Å². The molecule has 1 aliphatic carbocycles. The third-order valence-electron chi connectivity index (χ3n) is 6.04. The molecule has 4 nitrogen and oxygen atoms in total. The molecule has 2 amide bonds. The number of anilines is 1. The fourth-order valence-electron chi connectivity index (χ4n) is 4.54. The maximum Gasteiger partial charge on any atom is 0.258 e. The molecular formula is C24H28N2O2. The Bertz CT molecular complexity index is 856. The highest BCUT2D eigenvalue weighted by Gasteiger charge is 2.31. The van der Waals surface area contributed by atoms with Crippen molar-refractivity contribution in [2.45, 2.75) is 58.0 Å². The van der Waals surface area contributed by atoms with E-state index in [1.165, 1.54) is 31.2 Å². The number of carbonyl (C=O) groups excluding carboxylic acids is 2. The second-order valence-electron chi connectivity index (χ2n) is 8.19. The topological polar surface area (TPSA) is 49.4 Å². The molecule has 4 rings (SSSR count). The number of amides is 2. The van der Waals surface area contributed by atoms with Gasteiger partial charge in [-0.15, -0.1) is 0 Å². The van der Waals surface area contributed by atoms with Crippen molar-refractivity contribution in [2.24, 2.45) is 5.92 Å². The molecule has 28 heavy (non-hydrogen) atoms. The van der Waals surface area contributed by atoms with Crippen LogP contribution in [0.5, 0.6) is 0 Å². The molecule has 2 aliphatic rings. The van der Waals surface area contributed by atoms with Crippen LogP contribution in [-0.2, 0) is 17.8 Å². The zero-order valence-corrected chi connectivity index (χ0v) is 16.5. The summed E-state index contributed by atoms with van der Waals surface area (Å²) in [6.07, 6.45) is 6.38. The highest BCUT2D eigenvalue weighted by atomic mass is 16.2. The number of hydrogen-bond acceptors (Lipinski definition) is 2. The lowest BCUT2D eigenvalue weighted by atomic mass is 10.0. The molecule has 1 N–H and O–H groups in total. The number of carbonyl (C=O) groups is 2.